The van der Waals surface area contributed by atoms with Gasteiger partial charge in [0.05, 0.1) is 15.7 Å². The lowest BCUT2D eigenvalue weighted by Gasteiger charge is -2.09. The highest BCUT2D eigenvalue weighted by Crippen LogP contribution is 2.29. The van der Waals surface area contributed by atoms with E-state index in [0.29, 0.717) is 5.69 Å². The predicted molar refractivity (Wildman–Crippen MR) is 71.5 cm³/mol. The third-order valence-electron chi connectivity index (χ3n) is 2.14. The van der Waals surface area contributed by atoms with Crippen LogP contribution in [0, 0.1) is 0 Å². The number of hydrogen-bond acceptors (Lipinski definition) is 3. The Morgan fingerprint density at radius 3 is 2.39 bits per heavy atom. The number of sulfonamides is 1. The van der Waals surface area contributed by atoms with Gasteiger partial charge in [-0.05, 0) is 24.3 Å². The highest BCUT2D eigenvalue weighted by molar-refractivity contribution is 7.92. The van der Waals surface area contributed by atoms with Crippen molar-refractivity contribution in [3.05, 3.63) is 52.8 Å². The summed E-state index contributed by atoms with van der Waals surface area (Å²) in [5.74, 6) is 0. The first-order chi connectivity index (χ1) is 8.50. The van der Waals surface area contributed by atoms with Gasteiger partial charge >= 0.3 is 0 Å². The van der Waals surface area contributed by atoms with E-state index in [2.05, 4.69) is 9.71 Å². The van der Waals surface area contributed by atoms with E-state index in [1.54, 1.807) is 0 Å². The molecule has 94 valence electrons. The van der Waals surface area contributed by atoms with Gasteiger partial charge in [0.25, 0.3) is 10.0 Å². The number of hydrogen-bond donors (Lipinski definition) is 1. The Morgan fingerprint density at radius 1 is 1.06 bits per heavy atom. The van der Waals surface area contributed by atoms with Crippen LogP contribution in [0.2, 0.25) is 10.0 Å². The van der Waals surface area contributed by atoms with Crippen LogP contribution in [-0.4, -0.2) is 13.4 Å². The van der Waals surface area contributed by atoms with E-state index < -0.39 is 10.0 Å². The van der Waals surface area contributed by atoms with Crippen LogP contribution in [0.4, 0.5) is 5.69 Å². The molecule has 4 nitrogen and oxygen atoms in total. The molecule has 0 atom stereocenters. The topological polar surface area (TPSA) is 59.1 Å². The Balaban J connectivity index is 2.41. The molecule has 0 unspecified atom stereocenters. The highest BCUT2D eigenvalue weighted by Gasteiger charge is 2.19. The first kappa shape index (κ1) is 13.1. The van der Waals surface area contributed by atoms with Crippen LogP contribution in [0.1, 0.15) is 0 Å². The SMILES string of the molecule is O=S(=O)(Nc1ccncc1)c1cccc(Cl)c1Cl. The molecule has 18 heavy (non-hydrogen) atoms. The minimum Gasteiger partial charge on any atom is -0.279 e. The van der Waals surface area contributed by atoms with Crippen LogP contribution in [0.3, 0.4) is 0 Å². The second kappa shape index (κ2) is 5.14. The zero-order valence-corrected chi connectivity index (χ0v) is 11.3. The molecule has 2 rings (SSSR count). The molecule has 2 aromatic rings. The van der Waals surface area contributed by atoms with Crippen molar-refractivity contribution in [3.63, 3.8) is 0 Å². The fraction of sp³-hybridized carbons (Fsp3) is 0. The molecule has 0 aliphatic heterocycles. The summed E-state index contributed by atoms with van der Waals surface area (Å²) < 4.78 is 26.6. The van der Waals surface area contributed by atoms with Crippen molar-refractivity contribution in [2.75, 3.05) is 4.72 Å². The number of halogens is 2. The molecule has 0 aliphatic rings. The van der Waals surface area contributed by atoms with Gasteiger partial charge in [0.1, 0.15) is 4.90 Å². The summed E-state index contributed by atoms with van der Waals surface area (Å²) in [5.41, 5.74) is 0.404. The fourth-order valence-corrected chi connectivity index (χ4v) is 3.14. The van der Waals surface area contributed by atoms with Gasteiger partial charge in [-0.15, -0.1) is 0 Å². The third-order valence-corrected chi connectivity index (χ3v) is 4.49. The molecule has 1 aromatic heterocycles. The zero-order chi connectivity index (χ0) is 13.2. The molecule has 0 amide bonds. The number of nitrogens with zero attached hydrogens (tertiary/aromatic N) is 1. The number of benzene rings is 1. The number of pyridine rings is 1. The molecule has 0 spiro atoms. The Labute approximate surface area is 115 Å². The minimum atomic E-state index is -3.76. The maximum absolute atomic E-state index is 12.1. The van der Waals surface area contributed by atoms with Gasteiger partial charge in [0, 0.05) is 12.4 Å². The summed E-state index contributed by atoms with van der Waals surface area (Å²) in [6.07, 6.45) is 2.97. The van der Waals surface area contributed by atoms with E-state index in [1.165, 1.54) is 42.7 Å². The van der Waals surface area contributed by atoms with Gasteiger partial charge in [-0.25, -0.2) is 8.42 Å². The van der Waals surface area contributed by atoms with Crippen LogP contribution in [-0.2, 0) is 10.0 Å². The second-order valence-electron chi connectivity index (χ2n) is 3.39. The molecule has 0 aliphatic carbocycles. The van der Waals surface area contributed by atoms with Crippen LogP contribution in [0.15, 0.2) is 47.6 Å². The van der Waals surface area contributed by atoms with Crippen molar-refractivity contribution in [3.8, 4) is 0 Å². The molecule has 7 heteroatoms. The van der Waals surface area contributed by atoms with Crippen molar-refractivity contribution in [2.45, 2.75) is 4.90 Å². The van der Waals surface area contributed by atoms with Crippen molar-refractivity contribution < 1.29 is 8.42 Å². The molecular formula is C11H8Cl2N2O2S. The molecule has 1 N–H and O–H groups in total. The number of aromatic nitrogens is 1. The maximum atomic E-state index is 12.1. The van der Waals surface area contributed by atoms with E-state index in [1.807, 2.05) is 0 Å². The normalized spacial score (nSPS) is 11.2. The second-order valence-corrected chi connectivity index (χ2v) is 5.83. The van der Waals surface area contributed by atoms with Crippen LogP contribution in [0.25, 0.3) is 0 Å². The van der Waals surface area contributed by atoms with Crippen LogP contribution >= 0.6 is 23.2 Å². The van der Waals surface area contributed by atoms with Gasteiger partial charge < -0.3 is 0 Å². The highest BCUT2D eigenvalue weighted by atomic mass is 35.5. The number of rotatable bonds is 3. The Bertz CT molecular complexity index is 660. The Kier molecular flexibility index (Phi) is 3.75. The van der Waals surface area contributed by atoms with Gasteiger partial charge in [0.2, 0.25) is 0 Å². The zero-order valence-electron chi connectivity index (χ0n) is 8.97. The van der Waals surface area contributed by atoms with Crippen molar-refractivity contribution in [2.24, 2.45) is 0 Å². The number of anilines is 1. The average Bonchev–Trinajstić information content (AvgIpc) is 2.33. The molecule has 0 radical (unpaired) electrons. The lowest BCUT2D eigenvalue weighted by Crippen LogP contribution is -2.13. The van der Waals surface area contributed by atoms with Crippen LogP contribution in [0.5, 0.6) is 0 Å². The smallest absolute Gasteiger partial charge is 0.263 e. The quantitative estimate of drug-likeness (QED) is 0.947. The largest absolute Gasteiger partial charge is 0.279 e. The summed E-state index contributed by atoms with van der Waals surface area (Å²) in [7, 11) is -3.76. The summed E-state index contributed by atoms with van der Waals surface area (Å²) in [6, 6.07) is 7.51. The Hall–Kier alpha value is -1.30. The number of nitrogens with one attached hydrogen (secondary N) is 1. The summed E-state index contributed by atoms with van der Waals surface area (Å²) in [6.45, 7) is 0. The monoisotopic (exact) mass is 302 g/mol. The van der Waals surface area contributed by atoms with Crippen molar-refractivity contribution >= 4 is 38.9 Å². The van der Waals surface area contributed by atoms with Gasteiger partial charge in [0.15, 0.2) is 0 Å². The molecule has 0 saturated carbocycles. The van der Waals surface area contributed by atoms with Crippen molar-refractivity contribution in [1.29, 1.82) is 0 Å². The molecule has 1 aromatic carbocycles. The average molecular weight is 303 g/mol. The summed E-state index contributed by atoms with van der Waals surface area (Å²) in [5, 5.41) is 0.190. The molecule has 0 fully saturated rings. The predicted octanol–water partition coefficient (Wildman–Crippen LogP) is 3.19. The molecule has 1 heterocycles. The van der Waals surface area contributed by atoms with E-state index in [4.69, 9.17) is 23.2 Å². The van der Waals surface area contributed by atoms with Gasteiger partial charge in [-0.1, -0.05) is 29.3 Å². The van der Waals surface area contributed by atoms with E-state index in [0.717, 1.165) is 0 Å². The molecule has 0 bridgehead atoms. The van der Waals surface area contributed by atoms with E-state index >= 15 is 0 Å². The molecule has 0 saturated heterocycles. The van der Waals surface area contributed by atoms with E-state index in [9.17, 15) is 8.42 Å². The van der Waals surface area contributed by atoms with Gasteiger partial charge in [-0.2, -0.15) is 0 Å². The van der Waals surface area contributed by atoms with Gasteiger partial charge in [-0.3, -0.25) is 9.71 Å². The molecular weight excluding hydrogens is 295 g/mol. The standard InChI is InChI=1S/C11H8Cl2N2O2S/c12-9-2-1-3-10(11(9)13)18(16,17)15-8-4-6-14-7-5-8/h1-7H,(H,14,15). The summed E-state index contributed by atoms with van der Waals surface area (Å²) >= 11 is 11.7. The summed E-state index contributed by atoms with van der Waals surface area (Å²) in [4.78, 5) is 3.74. The Morgan fingerprint density at radius 2 is 1.72 bits per heavy atom. The fourth-order valence-electron chi connectivity index (χ4n) is 1.32. The lowest BCUT2D eigenvalue weighted by molar-refractivity contribution is 0.601. The maximum Gasteiger partial charge on any atom is 0.263 e. The first-order valence-electron chi connectivity index (χ1n) is 4.87. The third kappa shape index (κ3) is 2.75. The van der Waals surface area contributed by atoms with E-state index in [-0.39, 0.29) is 14.9 Å². The van der Waals surface area contributed by atoms with Crippen molar-refractivity contribution in [1.82, 2.24) is 4.98 Å². The minimum absolute atomic E-state index is 0.000669. The first-order valence-corrected chi connectivity index (χ1v) is 7.11. The van der Waals surface area contributed by atoms with Crippen LogP contribution < -0.4 is 4.72 Å². The lowest BCUT2D eigenvalue weighted by atomic mass is 10.4.